The van der Waals surface area contributed by atoms with Gasteiger partial charge in [-0.25, -0.2) is 4.98 Å². The van der Waals surface area contributed by atoms with Crippen molar-refractivity contribution in [2.45, 2.75) is 24.9 Å². The summed E-state index contributed by atoms with van der Waals surface area (Å²) in [6.45, 7) is 2.97. The summed E-state index contributed by atoms with van der Waals surface area (Å²) in [5, 5.41) is 5.91. The van der Waals surface area contributed by atoms with Gasteiger partial charge in [-0.2, -0.15) is 0 Å². The number of amides is 2. The first-order valence-corrected chi connectivity index (χ1v) is 11.6. The number of carbonyl (C=O) groups is 2. The van der Waals surface area contributed by atoms with Crippen molar-refractivity contribution in [1.82, 2.24) is 15.3 Å². The smallest absolute Gasteiger partial charge is 0.251 e. The van der Waals surface area contributed by atoms with Gasteiger partial charge in [0, 0.05) is 18.3 Å². The van der Waals surface area contributed by atoms with E-state index in [4.69, 9.17) is 4.74 Å². The zero-order valence-corrected chi connectivity index (χ0v) is 19.1. The molecule has 9 heteroatoms. The van der Waals surface area contributed by atoms with Crippen molar-refractivity contribution in [1.29, 1.82) is 0 Å². The molecule has 2 amide bonds. The first kappa shape index (κ1) is 24.1. The summed E-state index contributed by atoms with van der Waals surface area (Å²) in [7, 11) is 0. The van der Waals surface area contributed by atoms with Crippen LogP contribution in [0.25, 0.3) is 0 Å². The molecular weight excluding hydrogens is 440 g/mol. The maximum absolute atomic E-state index is 12.2. The first-order valence-electron chi connectivity index (χ1n) is 10.6. The number of aromatic amines is 1. The number of benzene rings is 2. The second-order valence-electron chi connectivity index (χ2n) is 7.10. The molecule has 1 aromatic heterocycles. The minimum absolute atomic E-state index is 0.00928. The fourth-order valence-electron chi connectivity index (χ4n) is 2.99. The summed E-state index contributed by atoms with van der Waals surface area (Å²) in [5.74, 6) is 0.333. The molecule has 3 aromatic rings. The normalized spacial score (nSPS) is 10.5. The largest absolute Gasteiger partial charge is 0.494 e. The summed E-state index contributed by atoms with van der Waals surface area (Å²) in [6.07, 6.45) is 0.713. The lowest BCUT2D eigenvalue weighted by Gasteiger charge is -2.08. The highest BCUT2D eigenvalue weighted by molar-refractivity contribution is 7.99. The molecule has 1 heterocycles. The maximum atomic E-state index is 12.2. The summed E-state index contributed by atoms with van der Waals surface area (Å²) in [4.78, 5) is 43.3. The summed E-state index contributed by atoms with van der Waals surface area (Å²) in [5.41, 5.74) is 1.76. The molecule has 8 nitrogen and oxygen atoms in total. The van der Waals surface area contributed by atoms with Crippen LogP contribution in [0.3, 0.4) is 0 Å². The Balaban J connectivity index is 1.47. The number of hydrogen-bond donors (Lipinski definition) is 3. The van der Waals surface area contributed by atoms with Gasteiger partial charge in [0.1, 0.15) is 5.75 Å². The quantitative estimate of drug-likeness (QED) is 0.296. The lowest BCUT2D eigenvalue weighted by Crippen LogP contribution is -2.28. The number of thioether (sulfide) groups is 1. The van der Waals surface area contributed by atoms with Crippen LogP contribution in [-0.2, 0) is 22.4 Å². The van der Waals surface area contributed by atoms with Crippen molar-refractivity contribution in [2.75, 3.05) is 24.2 Å². The van der Waals surface area contributed by atoms with Crippen LogP contribution in [0.15, 0.2) is 70.6 Å². The van der Waals surface area contributed by atoms with Crippen LogP contribution in [0.2, 0.25) is 0 Å². The number of carbonyl (C=O) groups excluding carboxylic acids is 2. The van der Waals surface area contributed by atoms with Gasteiger partial charge in [-0.1, -0.05) is 42.1 Å². The lowest BCUT2D eigenvalue weighted by molar-refractivity contribution is -0.120. The minimum Gasteiger partial charge on any atom is -0.494 e. The van der Waals surface area contributed by atoms with Crippen LogP contribution < -0.4 is 20.9 Å². The Kier molecular flexibility index (Phi) is 9.08. The fraction of sp³-hybridized carbons (Fsp3) is 0.250. The van der Waals surface area contributed by atoms with E-state index in [1.165, 1.54) is 6.07 Å². The molecule has 0 atom stereocenters. The van der Waals surface area contributed by atoms with Gasteiger partial charge in [-0.15, -0.1) is 0 Å². The van der Waals surface area contributed by atoms with E-state index >= 15 is 0 Å². The van der Waals surface area contributed by atoms with E-state index in [-0.39, 0.29) is 34.7 Å². The number of H-pyrrole nitrogens is 1. The number of nitrogens with one attached hydrogen (secondary N) is 3. The van der Waals surface area contributed by atoms with Crippen molar-refractivity contribution in [3.8, 4) is 5.75 Å². The predicted molar refractivity (Wildman–Crippen MR) is 129 cm³/mol. The molecule has 0 unspecified atom stereocenters. The summed E-state index contributed by atoms with van der Waals surface area (Å²) in [6, 6.07) is 18.2. The van der Waals surface area contributed by atoms with Gasteiger partial charge in [-0.3, -0.25) is 14.4 Å². The number of rotatable bonds is 11. The molecule has 0 saturated carbocycles. The molecule has 3 rings (SSSR count). The monoisotopic (exact) mass is 466 g/mol. The van der Waals surface area contributed by atoms with Gasteiger partial charge >= 0.3 is 0 Å². The van der Waals surface area contributed by atoms with Crippen molar-refractivity contribution < 1.29 is 14.3 Å². The maximum Gasteiger partial charge on any atom is 0.251 e. The van der Waals surface area contributed by atoms with Crippen molar-refractivity contribution in [3.63, 3.8) is 0 Å². The van der Waals surface area contributed by atoms with E-state index in [1.807, 2.05) is 37.3 Å². The summed E-state index contributed by atoms with van der Waals surface area (Å²) < 4.78 is 5.38. The van der Waals surface area contributed by atoms with Crippen LogP contribution in [0.5, 0.6) is 5.75 Å². The van der Waals surface area contributed by atoms with Gasteiger partial charge in [0.25, 0.3) is 5.56 Å². The Bertz CT molecular complexity index is 1120. The number of nitrogens with zero attached hydrogens (tertiary/aromatic N) is 1. The highest BCUT2D eigenvalue weighted by Gasteiger charge is 2.10. The van der Waals surface area contributed by atoms with Gasteiger partial charge in [0.2, 0.25) is 11.8 Å². The van der Waals surface area contributed by atoms with Gasteiger partial charge < -0.3 is 20.4 Å². The third-order valence-electron chi connectivity index (χ3n) is 4.48. The SMILES string of the molecule is CCOc1ccc(NC(=O)CSc2nc(CC(=O)NCCc3ccccc3)cc(=O)[nH]2)cc1. The van der Waals surface area contributed by atoms with Crippen LogP contribution in [0, 0.1) is 0 Å². The topological polar surface area (TPSA) is 113 Å². The Morgan fingerprint density at radius 2 is 1.82 bits per heavy atom. The first-order chi connectivity index (χ1) is 16.0. The second kappa shape index (κ2) is 12.4. The van der Waals surface area contributed by atoms with E-state index in [0.29, 0.717) is 24.5 Å². The molecule has 0 aliphatic heterocycles. The third kappa shape index (κ3) is 8.46. The van der Waals surface area contributed by atoms with Gasteiger partial charge in [0.05, 0.1) is 24.5 Å². The van der Waals surface area contributed by atoms with Crippen molar-refractivity contribution in [2.24, 2.45) is 0 Å². The Morgan fingerprint density at radius 1 is 1.06 bits per heavy atom. The van der Waals surface area contributed by atoms with Crippen molar-refractivity contribution in [3.05, 3.63) is 82.3 Å². The molecule has 0 aliphatic rings. The predicted octanol–water partition coefficient (Wildman–Crippen LogP) is 2.80. The number of anilines is 1. The molecular formula is C24H26N4O4S. The molecule has 0 spiro atoms. The van der Waals surface area contributed by atoms with Gasteiger partial charge in [-0.05, 0) is 43.2 Å². The summed E-state index contributed by atoms with van der Waals surface area (Å²) >= 11 is 1.09. The molecule has 0 radical (unpaired) electrons. The average Bonchev–Trinajstić information content (AvgIpc) is 2.79. The highest BCUT2D eigenvalue weighted by atomic mass is 32.2. The zero-order valence-electron chi connectivity index (χ0n) is 18.3. The molecule has 0 bridgehead atoms. The third-order valence-corrected chi connectivity index (χ3v) is 5.36. The molecule has 2 aromatic carbocycles. The average molecular weight is 467 g/mol. The molecule has 0 fully saturated rings. The van der Waals surface area contributed by atoms with Crippen LogP contribution in [0.1, 0.15) is 18.2 Å². The lowest BCUT2D eigenvalue weighted by atomic mass is 10.1. The van der Waals surface area contributed by atoms with Crippen LogP contribution in [-0.4, -0.2) is 40.7 Å². The van der Waals surface area contributed by atoms with E-state index in [0.717, 1.165) is 29.5 Å². The zero-order chi connectivity index (χ0) is 23.5. The fourth-order valence-corrected chi connectivity index (χ4v) is 3.69. The highest BCUT2D eigenvalue weighted by Crippen LogP contribution is 2.17. The van der Waals surface area contributed by atoms with Crippen molar-refractivity contribution >= 4 is 29.3 Å². The van der Waals surface area contributed by atoms with Gasteiger partial charge in [0.15, 0.2) is 5.16 Å². The molecule has 0 aliphatic carbocycles. The van der Waals surface area contributed by atoms with Crippen LogP contribution in [0.4, 0.5) is 5.69 Å². The van der Waals surface area contributed by atoms with Crippen LogP contribution >= 0.6 is 11.8 Å². The van der Waals surface area contributed by atoms with E-state index in [9.17, 15) is 14.4 Å². The Labute approximate surface area is 196 Å². The van der Waals surface area contributed by atoms with E-state index in [2.05, 4.69) is 20.6 Å². The number of aromatic nitrogens is 2. The van der Waals surface area contributed by atoms with E-state index < -0.39 is 0 Å². The standard InChI is InChI=1S/C24H26N4O4S/c1-2-32-20-10-8-18(9-11-20)26-23(31)16-33-24-27-19(15-22(30)28-24)14-21(29)25-13-12-17-6-4-3-5-7-17/h3-11,15H,2,12-14,16H2,1H3,(H,25,29)(H,26,31)(H,27,28,30). The minimum atomic E-state index is -0.369. The molecule has 33 heavy (non-hydrogen) atoms. The second-order valence-corrected chi connectivity index (χ2v) is 8.06. The number of hydrogen-bond acceptors (Lipinski definition) is 6. The van der Waals surface area contributed by atoms with E-state index in [1.54, 1.807) is 24.3 Å². The number of ether oxygens (including phenoxy) is 1. The Morgan fingerprint density at radius 3 is 2.55 bits per heavy atom. The molecule has 0 saturated heterocycles. The Hall–Kier alpha value is -3.59. The molecule has 172 valence electrons. The molecule has 3 N–H and O–H groups in total.